The summed E-state index contributed by atoms with van der Waals surface area (Å²) in [6.45, 7) is 3.64. The van der Waals surface area contributed by atoms with Gasteiger partial charge in [-0.1, -0.05) is 42.0 Å². The van der Waals surface area contributed by atoms with Gasteiger partial charge in [0, 0.05) is 5.56 Å². The maximum atomic E-state index is 13.4. The summed E-state index contributed by atoms with van der Waals surface area (Å²) in [5.41, 5.74) is 7.72. The Labute approximate surface area is 210 Å². The molecular weight excluding hydrogens is 480 g/mol. The van der Waals surface area contributed by atoms with Crippen molar-refractivity contribution in [2.45, 2.75) is 36.8 Å². The SMILES string of the molecule is CC(=O)c1ccc(OC2(c3ccc(C)cc3)CN(S(=O)(=O)c3cccc(CC(N)C(=O)O)c3)C2)cc1. The lowest BCUT2D eigenvalue weighted by molar-refractivity contribution is -0.138. The minimum atomic E-state index is -3.86. The monoisotopic (exact) mass is 508 g/mol. The van der Waals surface area contributed by atoms with E-state index in [1.165, 1.54) is 23.4 Å². The number of aryl methyl sites for hydroxylation is 1. The van der Waals surface area contributed by atoms with Gasteiger partial charge in [0.15, 0.2) is 11.4 Å². The molecular formula is C27H28N2O6S. The summed E-state index contributed by atoms with van der Waals surface area (Å²) in [5.74, 6) is -0.674. The second kappa shape index (κ2) is 9.85. The molecule has 36 heavy (non-hydrogen) atoms. The van der Waals surface area contributed by atoms with E-state index in [4.69, 9.17) is 15.6 Å². The number of Topliss-reactive ketones (excluding diaryl/α,β-unsaturated/α-hetero) is 1. The first-order valence-corrected chi connectivity index (χ1v) is 12.9. The summed E-state index contributed by atoms with van der Waals surface area (Å²) in [4.78, 5) is 22.8. The van der Waals surface area contributed by atoms with Gasteiger partial charge in [0.05, 0.1) is 18.0 Å². The first kappa shape index (κ1) is 25.6. The van der Waals surface area contributed by atoms with E-state index in [-0.39, 0.29) is 30.2 Å². The van der Waals surface area contributed by atoms with E-state index in [1.807, 2.05) is 31.2 Å². The van der Waals surface area contributed by atoms with Crippen LogP contribution in [-0.2, 0) is 26.8 Å². The van der Waals surface area contributed by atoms with Crippen molar-refractivity contribution in [1.82, 2.24) is 4.31 Å². The quantitative estimate of drug-likeness (QED) is 0.425. The van der Waals surface area contributed by atoms with Gasteiger partial charge in [-0.2, -0.15) is 4.31 Å². The standard InChI is InChI=1S/C27H28N2O6S/c1-18-6-10-22(11-7-18)27(35-23-12-8-21(9-13-23)19(2)30)16-29(17-27)36(33,34)24-5-3-4-20(14-24)15-25(28)26(31)32/h3-14,25H,15-17,28H2,1-2H3,(H,31,32). The molecule has 1 heterocycles. The first-order chi connectivity index (χ1) is 17.0. The Morgan fingerprint density at radius 2 is 1.69 bits per heavy atom. The van der Waals surface area contributed by atoms with Gasteiger partial charge in [-0.15, -0.1) is 0 Å². The summed E-state index contributed by atoms with van der Waals surface area (Å²) in [7, 11) is -3.86. The molecule has 3 aromatic rings. The van der Waals surface area contributed by atoms with Crippen LogP contribution in [0.5, 0.6) is 5.75 Å². The summed E-state index contributed by atoms with van der Waals surface area (Å²) in [6.07, 6.45) is 0.0192. The molecule has 0 aliphatic carbocycles. The van der Waals surface area contributed by atoms with Crippen LogP contribution in [0.1, 0.15) is 34.0 Å². The van der Waals surface area contributed by atoms with Gasteiger partial charge in [0.2, 0.25) is 10.0 Å². The third-order valence-corrected chi connectivity index (χ3v) is 8.11. The fourth-order valence-electron chi connectivity index (χ4n) is 4.16. The largest absolute Gasteiger partial charge is 0.480 e. The zero-order chi connectivity index (χ0) is 26.1. The molecule has 1 saturated heterocycles. The zero-order valence-electron chi connectivity index (χ0n) is 20.0. The minimum Gasteiger partial charge on any atom is -0.480 e. The van der Waals surface area contributed by atoms with Gasteiger partial charge >= 0.3 is 5.97 Å². The lowest BCUT2D eigenvalue weighted by Crippen LogP contribution is -2.64. The first-order valence-electron chi connectivity index (χ1n) is 11.4. The molecule has 0 bridgehead atoms. The van der Waals surface area contributed by atoms with Crippen molar-refractivity contribution in [3.63, 3.8) is 0 Å². The van der Waals surface area contributed by atoms with Crippen LogP contribution in [-0.4, -0.2) is 48.7 Å². The van der Waals surface area contributed by atoms with Gasteiger partial charge in [0.25, 0.3) is 0 Å². The number of ether oxygens (including phenoxy) is 1. The third kappa shape index (κ3) is 5.18. The molecule has 1 aliphatic heterocycles. The number of nitrogens with two attached hydrogens (primary N) is 1. The highest BCUT2D eigenvalue weighted by Gasteiger charge is 2.52. The van der Waals surface area contributed by atoms with Crippen molar-refractivity contribution < 1.29 is 27.9 Å². The van der Waals surface area contributed by atoms with Crippen molar-refractivity contribution in [3.8, 4) is 5.75 Å². The fourth-order valence-corrected chi connectivity index (χ4v) is 5.77. The molecule has 4 rings (SSSR count). The highest BCUT2D eigenvalue weighted by atomic mass is 32.2. The Morgan fingerprint density at radius 3 is 2.28 bits per heavy atom. The lowest BCUT2D eigenvalue weighted by atomic mass is 9.87. The maximum Gasteiger partial charge on any atom is 0.320 e. The van der Waals surface area contributed by atoms with Gasteiger partial charge in [0.1, 0.15) is 11.8 Å². The molecule has 188 valence electrons. The highest BCUT2D eigenvalue weighted by Crippen LogP contribution is 2.40. The van der Waals surface area contributed by atoms with Gasteiger partial charge < -0.3 is 15.6 Å². The van der Waals surface area contributed by atoms with Crippen LogP contribution < -0.4 is 10.5 Å². The topological polar surface area (TPSA) is 127 Å². The average Bonchev–Trinajstić information content (AvgIpc) is 2.82. The molecule has 3 N–H and O–H groups in total. The molecule has 0 spiro atoms. The Kier molecular flexibility index (Phi) is 6.99. The molecule has 3 aromatic carbocycles. The minimum absolute atomic E-state index is 0.0192. The number of carboxylic acid groups (broad SMARTS) is 1. The second-order valence-electron chi connectivity index (χ2n) is 9.11. The van der Waals surface area contributed by atoms with E-state index in [1.54, 1.807) is 36.4 Å². The molecule has 8 nitrogen and oxygen atoms in total. The second-order valence-corrected chi connectivity index (χ2v) is 11.1. The summed E-state index contributed by atoms with van der Waals surface area (Å²) >= 11 is 0. The third-order valence-electron chi connectivity index (χ3n) is 6.32. The number of nitrogens with zero attached hydrogens (tertiary/aromatic N) is 1. The van der Waals surface area contributed by atoms with E-state index in [2.05, 4.69) is 0 Å². The normalized spacial score (nSPS) is 16.1. The van der Waals surface area contributed by atoms with Crippen LogP contribution in [0.3, 0.4) is 0 Å². The van der Waals surface area contributed by atoms with Crippen LogP contribution in [0.25, 0.3) is 0 Å². The Bertz CT molecular complexity index is 1380. The van der Waals surface area contributed by atoms with E-state index in [0.29, 0.717) is 16.9 Å². The number of carbonyl (C=O) groups is 2. The Hall–Kier alpha value is -3.53. The summed E-state index contributed by atoms with van der Waals surface area (Å²) in [5, 5.41) is 9.07. The van der Waals surface area contributed by atoms with Crippen LogP contribution in [0.15, 0.2) is 77.7 Å². The molecule has 1 fully saturated rings. The Balaban J connectivity index is 1.60. The van der Waals surface area contributed by atoms with Crippen LogP contribution in [0.2, 0.25) is 0 Å². The van der Waals surface area contributed by atoms with Gasteiger partial charge in [-0.3, -0.25) is 9.59 Å². The number of rotatable bonds is 9. The Morgan fingerprint density at radius 1 is 1.06 bits per heavy atom. The number of ketones is 1. The number of benzene rings is 3. The molecule has 0 amide bonds. The van der Waals surface area contributed by atoms with Crippen LogP contribution >= 0.6 is 0 Å². The number of hydrogen-bond donors (Lipinski definition) is 2. The van der Waals surface area contributed by atoms with Crippen molar-refractivity contribution in [2.24, 2.45) is 5.73 Å². The van der Waals surface area contributed by atoms with Crippen molar-refractivity contribution in [3.05, 3.63) is 95.1 Å². The van der Waals surface area contributed by atoms with E-state index < -0.39 is 27.6 Å². The van der Waals surface area contributed by atoms with Crippen molar-refractivity contribution >= 4 is 21.8 Å². The number of aliphatic carboxylic acids is 1. The number of carbonyl (C=O) groups excluding carboxylic acids is 1. The number of hydrogen-bond acceptors (Lipinski definition) is 6. The van der Waals surface area contributed by atoms with Crippen molar-refractivity contribution in [2.75, 3.05) is 13.1 Å². The van der Waals surface area contributed by atoms with Gasteiger partial charge in [-0.05, 0) is 67.8 Å². The smallest absolute Gasteiger partial charge is 0.320 e. The summed E-state index contributed by atoms with van der Waals surface area (Å²) in [6, 6.07) is 19.6. The molecule has 0 saturated carbocycles. The molecule has 1 unspecified atom stereocenters. The van der Waals surface area contributed by atoms with Crippen molar-refractivity contribution in [1.29, 1.82) is 0 Å². The van der Waals surface area contributed by atoms with E-state index in [0.717, 1.165) is 11.1 Å². The fraction of sp³-hybridized carbons (Fsp3) is 0.259. The number of carboxylic acids is 1. The van der Waals surface area contributed by atoms with Crippen LogP contribution in [0, 0.1) is 6.92 Å². The van der Waals surface area contributed by atoms with E-state index in [9.17, 15) is 18.0 Å². The van der Waals surface area contributed by atoms with E-state index >= 15 is 0 Å². The highest BCUT2D eigenvalue weighted by molar-refractivity contribution is 7.89. The molecule has 0 radical (unpaired) electrons. The lowest BCUT2D eigenvalue weighted by Gasteiger charge is -2.49. The summed E-state index contributed by atoms with van der Waals surface area (Å²) < 4.78 is 34.5. The molecule has 9 heteroatoms. The average molecular weight is 509 g/mol. The maximum absolute atomic E-state index is 13.4. The molecule has 1 atom stereocenters. The molecule has 0 aromatic heterocycles. The molecule has 1 aliphatic rings. The predicted molar refractivity (Wildman–Crippen MR) is 134 cm³/mol. The number of sulfonamides is 1. The van der Waals surface area contributed by atoms with Crippen LogP contribution in [0.4, 0.5) is 0 Å². The predicted octanol–water partition coefficient (Wildman–Crippen LogP) is 3.13. The zero-order valence-corrected chi connectivity index (χ0v) is 20.9. The van der Waals surface area contributed by atoms with Gasteiger partial charge in [-0.25, -0.2) is 8.42 Å².